The van der Waals surface area contributed by atoms with E-state index in [4.69, 9.17) is 0 Å². The van der Waals surface area contributed by atoms with Crippen molar-refractivity contribution in [1.82, 2.24) is 0 Å². The van der Waals surface area contributed by atoms with Crippen molar-refractivity contribution in [2.75, 3.05) is 0 Å². The smallest absolute Gasteiger partial charge is 0.160 e. The van der Waals surface area contributed by atoms with Crippen molar-refractivity contribution >= 4 is 23.9 Å². The Morgan fingerprint density at radius 2 is 2.18 bits per heavy atom. The second kappa shape index (κ2) is 4.03. The summed E-state index contributed by atoms with van der Waals surface area (Å²) in [6.07, 6.45) is 3.01. The highest BCUT2D eigenvalue weighted by Gasteiger charge is 1.97. The molecule has 1 aromatic rings. The van der Waals surface area contributed by atoms with Gasteiger partial charge in [-0.1, -0.05) is 0 Å². The summed E-state index contributed by atoms with van der Waals surface area (Å²) in [6.45, 7) is 0. The van der Waals surface area contributed by atoms with Gasteiger partial charge in [-0.15, -0.1) is 11.3 Å². The first-order valence-corrected chi connectivity index (χ1v) is 4.16. The molecule has 0 radical (unpaired) electrons. The zero-order valence-electron chi connectivity index (χ0n) is 5.95. The number of thiophene rings is 1. The summed E-state index contributed by atoms with van der Waals surface area (Å²) in [4.78, 5) is 22.0. The Balaban J connectivity index is 2.57. The molecule has 1 rings (SSSR count). The molecule has 1 heterocycles. The van der Waals surface area contributed by atoms with E-state index in [1.807, 2.05) is 6.07 Å². The second-order valence-corrected chi connectivity index (χ2v) is 3.33. The summed E-state index contributed by atoms with van der Waals surface area (Å²) in [5.41, 5.74) is 0. The fraction of sp³-hybridized carbons (Fsp3) is 0.250. The van der Waals surface area contributed by atoms with E-state index in [9.17, 15) is 9.59 Å². The SMILES string of the molecule is O=CCCc1ccc(C=O)s1. The predicted octanol–water partition coefficient (Wildman–Crippen LogP) is 1.69. The van der Waals surface area contributed by atoms with Gasteiger partial charge in [0.2, 0.25) is 0 Å². The first-order chi connectivity index (χ1) is 5.36. The van der Waals surface area contributed by atoms with Crippen LogP contribution in [0.5, 0.6) is 0 Å². The fourth-order valence-electron chi connectivity index (χ4n) is 0.793. The molecule has 11 heavy (non-hydrogen) atoms. The largest absolute Gasteiger partial charge is 0.303 e. The lowest BCUT2D eigenvalue weighted by Crippen LogP contribution is -1.79. The predicted molar refractivity (Wildman–Crippen MR) is 44.1 cm³/mol. The molecule has 0 saturated carbocycles. The lowest BCUT2D eigenvalue weighted by Gasteiger charge is -1.86. The fourth-order valence-corrected chi connectivity index (χ4v) is 1.64. The van der Waals surface area contributed by atoms with Gasteiger partial charge in [-0.2, -0.15) is 0 Å². The molecular formula is C8H8O2S. The summed E-state index contributed by atoms with van der Waals surface area (Å²) in [5.74, 6) is 0. The van der Waals surface area contributed by atoms with Gasteiger partial charge in [-0.05, 0) is 18.6 Å². The number of hydrogen-bond donors (Lipinski definition) is 0. The van der Waals surface area contributed by atoms with Crippen LogP contribution in [0.25, 0.3) is 0 Å². The van der Waals surface area contributed by atoms with Crippen LogP contribution in [-0.2, 0) is 11.2 Å². The van der Waals surface area contributed by atoms with Crippen molar-refractivity contribution in [2.45, 2.75) is 12.8 Å². The van der Waals surface area contributed by atoms with E-state index >= 15 is 0 Å². The highest BCUT2D eigenvalue weighted by Crippen LogP contribution is 2.15. The molecule has 0 aliphatic carbocycles. The average molecular weight is 168 g/mol. The van der Waals surface area contributed by atoms with Gasteiger partial charge < -0.3 is 4.79 Å². The molecule has 0 fully saturated rings. The summed E-state index contributed by atoms with van der Waals surface area (Å²) < 4.78 is 0. The average Bonchev–Trinajstić information content (AvgIpc) is 2.48. The molecule has 0 aliphatic rings. The molecule has 0 saturated heterocycles. The Hall–Kier alpha value is -0.960. The van der Waals surface area contributed by atoms with Gasteiger partial charge in [-0.3, -0.25) is 4.79 Å². The number of carbonyl (C=O) groups is 2. The van der Waals surface area contributed by atoms with Crippen LogP contribution < -0.4 is 0 Å². The summed E-state index contributed by atoms with van der Waals surface area (Å²) in [7, 11) is 0. The van der Waals surface area contributed by atoms with Gasteiger partial charge >= 0.3 is 0 Å². The Kier molecular flexibility index (Phi) is 2.98. The third-order valence-electron chi connectivity index (χ3n) is 1.31. The third kappa shape index (κ3) is 2.27. The maximum absolute atomic E-state index is 10.2. The van der Waals surface area contributed by atoms with Crippen LogP contribution in [0, 0.1) is 0 Å². The number of carbonyl (C=O) groups excluding carboxylic acids is 2. The molecular weight excluding hydrogens is 160 g/mol. The van der Waals surface area contributed by atoms with E-state index in [0.29, 0.717) is 6.42 Å². The van der Waals surface area contributed by atoms with Crippen molar-refractivity contribution in [1.29, 1.82) is 0 Å². The van der Waals surface area contributed by atoms with E-state index in [1.165, 1.54) is 11.3 Å². The number of aldehydes is 2. The normalized spacial score (nSPS) is 9.45. The number of aryl methyl sites for hydroxylation is 1. The Morgan fingerprint density at radius 1 is 1.36 bits per heavy atom. The monoisotopic (exact) mass is 168 g/mol. The van der Waals surface area contributed by atoms with E-state index < -0.39 is 0 Å². The van der Waals surface area contributed by atoms with Gasteiger partial charge in [0, 0.05) is 11.3 Å². The lowest BCUT2D eigenvalue weighted by atomic mass is 10.3. The molecule has 0 amide bonds. The molecule has 0 bridgehead atoms. The molecule has 0 unspecified atom stereocenters. The third-order valence-corrected chi connectivity index (χ3v) is 2.38. The molecule has 0 aromatic carbocycles. The first-order valence-electron chi connectivity index (χ1n) is 3.34. The molecule has 58 valence electrons. The van der Waals surface area contributed by atoms with Gasteiger partial charge in [0.15, 0.2) is 6.29 Å². The standard InChI is InChI=1S/C8H8O2S/c9-5-1-2-7-3-4-8(6-10)11-7/h3-6H,1-2H2. The molecule has 0 N–H and O–H groups in total. The lowest BCUT2D eigenvalue weighted by molar-refractivity contribution is -0.107. The van der Waals surface area contributed by atoms with Gasteiger partial charge in [-0.25, -0.2) is 0 Å². The minimum Gasteiger partial charge on any atom is -0.303 e. The summed E-state index contributed by atoms with van der Waals surface area (Å²) in [5, 5.41) is 0. The second-order valence-electron chi connectivity index (χ2n) is 2.13. The van der Waals surface area contributed by atoms with Crippen LogP contribution in [-0.4, -0.2) is 12.6 Å². The van der Waals surface area contributed by atoms with E-state index in [2.05, 4.69) is 0 Å². The zero-order chi connectivity index (χ0) is 8.10. The number of rotatable bonds is 4. The van der Waals surface area contributed by atoms with Crippen LogP contribution in [0.2, 0.25) is 0 Å². The van der Waals surface area contributed by atoms with E-state index in [0.717, 1.165) is 28.7 Å². The minimum absolute atomic E-state index is 0.540. The molecule has 2 nitrogen and oxygen atoms in total. The highest BCUT2D eigenvalue weighted by atomic mass is 32.1. The summed E-state index contributed by atoms with van der Waals surface area (Å²) >= 11 is 1.45. The quantitative estimate of drug-likeness (QED) is 0.641. The topological polar surface area (TPSA) is 34.1 Å². The Bertz CT molecular complexity index is 252. The van der Waals surface area contributed by atoms with Crippen molar-refractivity contribution < 1.29 is 9.59 Å². The van der Waals surface area contributed by atoms with E-state index in [1.54, 1.807) is 6.07 Å². The van der Waals surface area contributed by atoms with Gasteiger partial charge in [0.25, 0.3) is 0 Å². The zero-order valence-corrected chi connectivity index (χ0v) is 6.76. The maximum atomic E-state index is 10.2. The first kappa shape index (κ1) is 8.14. The van der Waals surface area contributed by atoms with Crippen molar-refractivity contribution in [3.8, 4) is 0 Å². The molecule has 0 aliphatic heterocycles. The Labute approximate surface area is 68.9 Å². The highest BCUT2D eigenvalue weighted by molar-refractivity contribution is 7.13. The minimum atomic E-state index is 0.540. The summed E-state index contributed by atoms with van der Waals surface area (Å²) in [6, 6.07) is 3.66. The van der Waals surface area contributed by atoms with E-state index in [-0.39, 0.29) is 0 Å². The van der Waals surface area contributed by atoms with Crippen molar-refractivity contribution in [3.05, 3.63) is 21.9 Å². The van der Waals surface area contributed by atoms with Crippen LogP contribution in [0.15, 0.2) is 12.1 Å². The Morgan fingerprint density at radius 3 is 2.73 bits per heavy atom. The van der Waals surface area contributed by atoms with Gasteiger partial charge in [0.1, 0.15) is 6.29 Å². The van der Waals surface area contributed by atoms with Crippen LogP contribution in [0.3, 0.4) is 0 Å². The van der Waals surface area contributed by atoms with Crippen molar-refractivity contribution in [3.63, 3.8) is 0 Å². The molecule has 3 heteroatoms. The van der Waals surface area contributed by atoms with Crippen LogP contribution in [0.1, 0.15) is 21.0 Å². The molecule has 0 spiro atoms. The maximum Gasteiger partial charge on any atom is 0.160 e. The molecule has 1 aromatic heterocycles. The van der Waals surface area contributed by atoms with Gasteiger partial charge in [0.05, 0.1) is 4.88 Å². The van der Waals surface area contributed by atoms with Crippen molar-refractivity contribution in [2.24, 2.45) is 0 Å². The number of hydrogen-bond acceptors (Lipinski definition) is 3. The molecule has 0 atom stereocenters. The van der Waals surface area contributed by atoms with Crippen LogP contribution in [0.4, 0.5) is 0 Å². The van der Waals surface area contributed by atoms with Crippen LogP contribution >= 0.6 is 11.3 Å².